The van der Waals surface area contributed by atoms with Gasteiger partial charge in [-0.25, -0.2) is 4.39 Å². The Morgan fingerprint density at radius 1 is 1.29 bits per heavy atom. The van der Waals surface area contributed by atoms with Crippen molar-refractivity contribution in [2.45, 2.75) is 0 Å². The van der Waals surface area contributed by atoms with Gasteiger partial charge in [-0.3, -0.25) is 0 Å². The maximum atomic E-state index is 12.7. The molecule has 78 valence electrons. The Morgan fingerprint density at radius 3 is 2.43 bits per heavy atom. The van der Waals surface area contributed by atoms with Gasteiger partial charge in [-0.1, -0.05) is 0 Å². The van der Waals surface area contributed by atoms with Gasteiger partial charge in [-0.15, -0.1) is 0 Å². The third-order valence-corrected chi connectivity index (χ3v) is 1.94. The van der Waals surface area contributed by atoms with Gasteiger partial charge in [0.15, 0.2) is 0 Å². The van der Waals surface area contributed by atoms with Crippen LogP contribution < -0.4 is 4.74 Å². The molecule has 0 unspecified atom stereocenters. The zero-order chi connectivity index (χ0) is 10.8. The molecule has 7 heteroatoms. The predicted molar refractivity (Wildman–Crippen MR) is 48.7 cm³/mol. The van der Waals surface area contributed by atoms with E-state index < -0.39 is 19.3 Å². The molecule has 0 bridgehead atoms. The quantitative estimate of drug-likeness (QED) is 0.605. The van der Waals surface area contributed by atoms with Crippen molar-refractivity contribution in [3.8, 4) is 5.75 Å². The van der Waals surface area contributed by atoms with Crippen LogP contribution in [0.2, 0.25) is 0 Å². The highest BCUT2D eigenvalue weighted by molar-refractivity contribution is 9.10. The largest absolute Gasteiger partial charge is 0.522 e. The minimum absolute atomic E-state index is 0.0162. The number of halogens is 5. The molecule has 0 aliphatic rings. The highest BCUT2D eigenvalue weighted by atomic mass is 79.9. The summed E-state index contributed by atoms with van der Waals surface area (Å²) in [6.45, 7) is -6.30. The summed E-state index contributed by atoms with van der Waals surface area (Å²) in [5.74, 6) is -0.563. The first-order valence-corrected chi connectivity index (χ1v) is 4.46. The average molecular weight is 272 g/mol. The first-order valence-electron chi connectivity index (χ1n) is 3.67. The van der Waals surface area contributed by atoms with E-state index >= 15 is 0 Å². The number of hydrogen-bond acceptors (Lipinski definition) is 1. The lowest BCUT2D eigenvalue weighted by Gasteiger charge is -2.15. The average Bonchev–Trinajstić information content (AvgIpc) is 2.06. The molecule has 0 fully saturated rings. The van der Waals surface area contributed by atoms with Crippen molar-refractivity contribution in [3.63, 3.8) is 0 Å². The maximum Gasteiger partial charge on any atom is 0.515 e. The Hall–Kier alpha value is -0.715. The van der Waals surface area contributed by atoms with Crippen LogP contribution in [0.3, 0.4) is 0 Å². The van der Waals surface area contributed by atoms with Gasteiger partial charge >= 0.3 is 6.98 Å². The molecule has 1 nitrogen and oxygen atoms in total. The third-order valence-electron chi connectivity index (χ3n) is 1.33. The van der Waals surface area contributed by atoms with Crippen LogP contribution >= 0.6 is 15.9 Å². The van der Waals surface area contributed by atoms with Gasteiger partial charge in [-0.05, 0) is 34.1 Å². The summed E-state index contributed by atoms with van der Waals surface area (Å²) in [5, 5.41) is 0. The van der Waals surface area contributed by atoms with E-state index in [0.29, 0.717) is 0 Å². The van der Waals surface area contributed by atoms with Crippen molar-refractivity contribution in [2.24, 2.45) is 0 Å². The van der Waals surface area contributed by atoms with Crippen molar-refractivity contribution in [1.82, 2.24) is 0 Å². The van der Waals surface area contributed by atoms with E-state index in [4.69, 9.17) is 0 Å². The van der Waals surface area contributed by atoms with E-state index in [-0.39, 0.29) is 10.2 Å². The van der Waals surface area contributed by atoms with Gasteiger partial charge in [-0.2, -0.15) is 0 Å². The monoisotopic (exact) mass is 271 g/mol. The SMILES string of the molecule is Fc1ccc(OC[B-](F)(F)F)cc1Br. The Kier molecular flexibility index (Phi) is 3.41. The second-order valence-electron chi connectivity index (χ2n) is 2.60. The molecule has 1 rings (SSSR count). The van der Waals surface area contributed by atoms with E-state index in [2.05, 4.69) is 20.7 Å². The molecule has 0 aliphatic heterocycles. The van der Waals surface area contributed by atoms with Gasteiger partial charge in [0.05, 0.1) is 11.0 Å². The maximum absolute atomic E-state index is 12.7. The molecular weight excluding hydrogens is 267 g/mol. The second-order valence-corrected chi connectivity index (χ2v) is 3.45. The van der Waals surface area contributed by atoms with E-state index in [1.807, 2.05) is 0 Å². The summed E-state index contributed by atoms with van der Waals surface area (Å²) < 4.78 is 52.5. The van der Waals surface area contributed by atoms with Gasteiger partial charge in [0.2, 0.25) is 0 Å². The van der Waals surface area contributed by atoms with Crippen LogP contribution in [0.1, 0.15) is 0 Å². The lowest BCUT2D eigenvalue weighted by atomic mass is 9.95. The number of rotatable bonds is 3. The molecule has 0 radical (unpaired) electrons. The molecule has 14 heavy (non-hydrogen) atoms. The van der Waals surface area contributed by atoms with Gasteiger partial charge < -0.3 is 17.7 Å². The van der Waals surface area contributed by atoms with Crippen LogP contribution in [0, 0.1) is 5.82 Å². The van der Waals surface area contributed by atoms with Crippen LogP contribution in [0.25, 0.3) is 0 Å². The minimum atomic E-state index is -4.98. The van der Waals surface area contributed by atoms with Gasteiger partial charge in [0, 0.05) is 0 Å². The first-order chi connectivity index (χ1) is 6.38. The molecule has 0 amide bonds. The van der Waals surface area contributed by atoms with Crippen molar-refractivity contribution < 1.29 is 22.1 Å². The number of benzene rings is 1. The molecule has 1 aromatic rings. The normalized spacial score (nSPS) is 11.5. The summed E-state index contributed by atoms with van der Waals surface area (Å²) in [4.78, 5) is 0. The molecule has 0 saturated heterocycles. The van der Waals surface area contributed by atoms with E-state index in [0.717, 1.165) is 18.2 Å². The van der Waals surface area contributed by atoms with E-state index in [1.165, 1.54) is 0 Å². The van der Waals surface area contributed by atoms with E-state index in [9.17, 15) is 17.3 Å². The summed E-state index contributed by atoms with van der Waals surface area (Å²) >= 11 is 2.84. The number of hydrogen-bond donors (Lipinski definition) is 0. The fourth-order valence-corrected chi connectivity index (χ4v) is 1.12. The molecule has 0 aliphatic carbocycles. The molecular formula is C7H5BBrF4O-. The molecule has 0 saturated carbocycles. The minimum Gasteiger partial charge on any atom is -0.522 e. The molecule has 1 aromatic carbocycles. The fraction of sp³-hybridized carbons (Fsp3) is 0.143. The van der Waals surface area contributed by atoms with Crippen LogP contribution in [-0.4, -0.2) is 13.5 Å². The Bertz CT molecular complexity index is 328. The predicted octanol–water partition coefficient (Wildman–Crippen LogP) is 3.35. The van der Waals surface area contributed by atoms with Crippen molar-refractivity contribution in [1.29, 1.82) is 0 Å². The third kappa shape index (κ3) is 3.57. The number of ether oxygens (including phenoxy) is 1. The fourth-order valence-electron chi connectivity index (χ4n) is 0.757. The lowest BCUT2D eigenvalue weighted by molar-refractivity contribution is 0.313. The Morgan fingerprint density at radius 2 is 1.93 bits per heavy atom. The van der Waals surface area contributed by atoms with Crippen LogP contribution in [0.4, 0.5) is 17.3 Å². The molecule has 0 N–H and O–H groups in total. The van der Waals surface area contributed by atoms with Crippen LogP contribution in [-0.2, 0) is 0 Å². The summed E-state index contributed by atoms with van der Waals surface area (Å²) in [6, 6.07) is 3.32. The second kappa shape index (κ2) is 4.21. The standard InChI is InChI=1S/C7H5BBrF4O/c9-6-3-5(1-2-7(6)10)14-4-8(11,12)13/h1-3H,4H2/q-1. The molecule has 0 spiro atoms. The van der Waals surface area contributed by atoms with Crippen LogP contribution in [0.15, 0.2) is 22.7 Å². The van der Waals surface area contributed by atoms with Crippen molar-refractivity contribution in [2.75, 3.05) is 6.51 Å². The molecule has 0 aromatic heterocycles. The highest BCUT2D eigenvalue weighted by Gasteiger charge is 2.24. The summed E-state index contributed by atoms with van der Waals surface area (Å²) in [5.41, 5.74) is 0. The smallest absolute Gasteiger partial charge is 0.515 e. The Balaban J connectivity index is 2.65. The molecule has 0 atom stereocenters. The topological polar surface area (TPSA) is 9.23 Å². The first kappa shape index (κ1) is 11.4. The van der Waals surface area contributed by atoms with Crippen LogP contribution in [0.5, 0.6) is 5.75 Å². The summed E-state index contributed by atoms with van der Waals surface area (Å²) in [6.07, 6.45) is 0. The zero-order valence-corrected chi connectivity index (χ0v) is 8.40. The molecule has 0 heterocycles. The zero-order valence-electron chi connectivity index (χ0n) is 6.81. The van der Waals surface area contributed by atoms with E-state index in [1.54, 1.807) is 0 Å². The van der Waals surface area contributed by atoms with Crippen molar-refractivity contribution >= 4 is 22.9 Å². The highest BCUT2D eigenvalue weighted by Crippen LogP contribution is 2.22. The summed E-state index contributed by atoms with van der Waals surface area (Å²) in [7, 11) is 0. The lowest BCUT2D eigenvalue weighted by Crippen LogP contribution is -2.26. The van der Waals surface area contributed by atoms with Gasteiger partial charge in [0.1, 0.15) is 11.6 Å². The van der Waals surface area contributed by atoms with Crippen molar-refractivity contribution in [3.05, 3.63) is 28.5 Å². The van der Waals surface area contributed by atoms with Gasteiger partial charge in [0.25, 0.3) is 0 Å². The Labute approximate surface area is 86.2 Å².